The zero-order chi connectivity index (χ0) is 15.6. The van der Waals surface area contributed by atoms with Crippen LogP contribution in [0.2, 0.25) is 0 Å². The normalized spacial score (nSPS) is 10.4. The first-order chi connectivity index (χ1) is 9.91. The Morgan fingerprint density at radius 1 is 1.38 bits per heavy atom. The number of aromatic amines is 1. The number of nitrogens with zero attached hydrogens (tertiary/aromatic N) is 2. The second-order valence-electron chi connectivity index (χ2n) is 4.95. The Labute approximate surface area is 122 Å². The van der Waals surface area contributed by atoms with E-state index in [2.05, 4.69) is 9.97 Å². The van der Waals surface area contributed by atoms with E-state index in [0.29, 0.717) is 23.4 Å². The molecule has 0 unspecified atom stereocenters. The second-order valence-corrected chi connectivity index (χ2v) is 4.95. The molecule has 0 aromatic carbocycles. The van der Waals surface area contributed by atoms with E-state index in [-0.39, 0.29) is 11.6 Å². The fourth-order valence-corrected chi connectivity index (χ4v) is 2.31. The van der Waals surface area contributed by atoms with Crippen LogP contribution in [0.5, 0.6) is 0 Å². The zero-order valence-electron chi connectivity index (χ0n) is 12.2. The molecule has 6 heteroatoms. The first kappa shape index (κ1) is 14.8. The second kappa shape index (κ2) is 5.78. The van der Waals surface area contributed by atoms with Gasteiger partial charge in [-0.25, -0.2) is 4.79 Å². The van der Waals surface area contributed by atoms with Crippen LogP contribution in [0.4, 0.5) is 0 Å². The van der Waals surface area contributed by atoms with Gasteiger partial charge in [-0.05, 0) is 31.0 Å². The third-order valence-corrected chi connectivity index (χ3v) is 3.35. The molecule has 0 radical (unpaired) electrons. The average molecular weight is 287 g/mol. The Hall–Kier alpha value is -2.63. The number of carboxylic acid groups (broad SMARTS) is 1. The van der Waals surface area contributed by atoms with Crippen molar-refractivity contribution in [1.82, 2.24) is 14.9 Å². The summed E-state index contributed by atoms with van der Waals surface area (Å²) >= 11 is 0. The predicted molar refractivity (Wildman–Crippen MR) is 77.3 cm³/mol. The Balaban J connectivity index is 2.26. The Morgan fingerprint density at radius 3 is 2.62 bits per heavy atom. The third kappa shape index (κ3) is 2.94. The number of H-pyrrole nitrogens is 1. The molecular weight excluding hydrogens is 270 g/mol. The number of carbonyl (C=O) groups excluding carboxylic acids is 1. The van der Waals surface area contributed by atoms with Gasteiger partial charge in [0.15, 0.2) is 0 Å². The molecule has 6 nitrogen and oxygen atoms in total. The number of hydrogen-bond donors (Lipinski definition) is 2. The molecule has 2 aromatic heterocycles. The molecule has 1 amide bonds. The van der Waals surface area contributed by atoms with Crippen LogP contribution in [-0.2, 0) is 6.54 Å². The van der Waals surface area contributed by atoms with E-state index >= 15 is 0 Å². The Bertz CT molecular complexity index is 677. The standard InChI is InChI=1S/C15H17N3O3/c1-9-12(10(2)17-13(9)15(20)21)14(19)18(3)8-11-5-4-6-16-7-11/h4-7,17H,8H2,1-3H3,(H,20,21). The van der Waals surface area contributed by atoms with E-state index in [4.69, 9.17) is 5.11 Å². The molecule has 2 rings (SSSR count). The number of pyridine rings is 1. The molecule has 2 heterocycles. The summed E-state index contributed by atoms with van der Waals surface area (Å²) in [7, 11) is 1.68. The Morgan fingerprint density at radius 2 is 2.10 bits per heavy atom. The van der Waals surface area contributed by atoms with Gasteiger partial charge in [-0.1, -0.05) is 6.07 Å². The molecule has 0 saturated carbocycles. The van der Waals surface area contributed by atoms with Crippen molar-refractivity contribution in [3.8, 4) is 0 Å². The minimum Gasteiger partial charge on any atom is -0.477 e. The van der Waals surface area contributed by atoms with Gasteiger partial charge < -0.3 is 15.0 Å². The van der Waals surface area contributed by atoms with Crippen molar-refractivity contribution >= 4 is 11.9 Å². The van der Waals surface area contributed by atoms with Crippen LogP contribution < -0.4 is 0 Å². The summed E-state index contributed by atoms with van der Waals surface area (Å²) in [6.45, 7) is 3.75. The topological polar surface area (TPSA) is 86.3 Å². The highest BCUT2D eigenvalue weighted by Gasteiger charge is 2.23. The lowest BCUT2D eigenvalue weighted by atomic mass is 10.1. The summed E-state index contributed by atoms with van der Waals surface area (Å²) in [5, 5.41) is 9.09. The van der Waals surface area contributed by atoms with E-state index in [9.17, 15) is 9.59 Å². The number of rotatable bonds is 4. The maximum atomic E-state index is 12.5. The largest absolute Gasteiger partial charge is 0.477 e. The number of carboxylic acids is 1. The monoisotopic (exact) mass is 287 g/mol. The molecule has 0 aliphatic rings. The maximum absolute atomic E-state index is 12.5. The quantitative estimate of drug-likeness (QED) is 0.900. The lowest BCUT2D eigenvalue weighted by Gasteiger charge is -2.17. The number of hydrogen-bond acceptors (Lipinski definition) is 3. The van der Waals surface area contributed by atoms with Gasteiger partial charge in [0.05, 0.1) is 5.56 Å². The van der Waals surface area contributed by atoms with Crippen LogP contribution >= 0.6 is 0 Å². The molecule has 0 bridgehead atoms. The highest BCUT2D eigenvalue weighted by atomic mass is 16.4. The molecule has 2 N–H and O–H groups in total. The minimum atomic E-state index is -1.07. The number of carbonyl (C=O) groups is 2. The third-order valence-electron chi connectivity index (χ3n) is 3.35. The lowest BCUT2D eigenvalue weighted by Crippen LogP contribution is -2.27. The SMILES string of the molecule is Cc1[nH]c(C(=O)O)c(C)c1C(=O)N(C)Cc1cccnc1. The van der Waals surface area contributed by atoms with Crippen molar-refractivity contribution in [3.05, 3.63) is 52.6 Å². The van der Waals surface area contributed by atoms with Gasteiger partial charge in [0.1, 0.15) is 5.69 Å². The first-order valence-corrected chi connectivity index (χ1v) is 6.48. The van der Waals surface area contributed by atoms with Crippen molar-refractivity contribution in [2.24, 2.45) is 0 Å². The summed E-state index contributed by atoms with van der Waals surface area (Å²) in [5.41, 5.74) is 2.41. The molecule has 0 saturated heterocycles. The smallest absolute Gasteiger partial charge is 0.352 e. The van der Waals surface area contributed by atoms with E-state index in [1.807, 2.05) is 12.1 Å². The average Bonchev–Trinajstić information content (AvgIpc) is 2.74. The molecule has 110 valence electrons. The van der Waals surface area contributed by atoms with Crippen molar-refractivity contribution in [3.63, 3.8) is 0 Å². The summed E-state index contributed by atoms with van der Waals surface area (Å²) in [6, 6.07) is 3.69. The molecule has 0 aliphatic carbocycles. The highest BCUT2D eigenvalue weighted by molar-refractivity contribution is 6.00. The van der Waals surface area contributed by atoms with Gasteiger partial charge in [-0.2, -0.15) is 0 Å². The van der Waals surface area contributed by atoms with Crippen LogP contribution in [0, 0.1) is 13.8 Å². The van der Waals surface area contributed by atoms with E-state index in [0.717, 1.165) is 5.56 Å². The van der Waals surface area contributed by atoms with Crippen LogP contribution in [-0.4, -0.2) is 38.9 Å². The molecule has 0 atom stereocenters. The van der Waals surface area contributed by atoms with Gasteiger partial charge in [-0.15, -0.1) is 0 Å². The minimum absolute atomic E-state index is 0.0608. The number of aryl methyl sites for hydroxylation is 1. The molecule has 2 aromatic rings. The zero-order valence-corrected chi connectivity index (χ0v) is 12.2. The number of nitrogens with one attached hydrogen (secondary N) is 1. The number of amides is 1. The van der Waals surface area contributed by atoms with Crippen molar-refractivity contribution in [2.45, 2.75) is 20.4 Å². The summed E-state index contributed by atoms with van der Waals surface area (Å²) in [5.74, 6) is -1.28. The molecular formula is C15H17N3O3. The molecule has 0 spiro atoms. The van der Waals surface area contributed by atoms with Gasteiger partial charge in [0, 0.05) is 31.7 Å². The van der Waals surface area contributed by atoms with Crippen LogP contribution in [0.3, 0.4) is 0 Å². The van der Waals surface area contributed by atoms with Crippen molar-refractivity contribution in [2.75, 3.05) is 7.05 Å². The number of aromatic carboxylic acids is 1. The van der Waals surface area contributed by atoms with E-state index in [1.165, 1.54) is 0 Å². The summed E-state index contributed by atoms with van der Waals surface area (Å²) < 4.78 is 0. The van der Waals surface area contributed by atoms with Gasteiger partial charge in [0.25, 0.3) is 5.91 Å². The Kier molecular flexibility index (Phi) is 4.07. The maximum Gasteiger partial charge on any atom is 0.352 e. The highest BCUT2D eigenvalue weighted by Crippen LogP contribution is 2.20. The van der Waals surface area contributed by atoms with Gasteiger partial charge in [0.2, 0.25) is 0 Å². The lowest BCUT2D eigenvalue weighted by molar-refractivity contribution is 0.0690. The number of aromatic nitrogens is 2. The van der Waals surface area contributed by atoms with E-state index in [1.54, 1.807) is 38.2 Å². The summed E-state index contributed by atoms with van der Waals surface area (Å²) in [4.78, 5) is 31.9. The van der Waals surface area contributed by atoms with Gasteiger partial charge in [-0.3, -0.25) is 9.78 Å². The van der Waals surface area contributed by atoms with Crippen LogP contribution in [0.15, 0.2) is 24.5 Å². The van der Waals surface area contributed by atoms with E-state index < -0.39 is 5.97 Å². The van der Waals surface area contributed by atoms with Gasteiger partial charge >= 0.3 is 5.97 Å². The molecule has 21 heavy (non-hydrogen) atoms. The predicted octanol–water partition coefficient (Wildman–Crippen LogP) is 2.00. The van der Waals surface area contributed by atoms with Crippen molar-refractivity contribution < 1.29 is 14.7 Å². The van der Waals surface area contributed by atoms with Crippen LogP contribution in [0.1, 0.15) is 37.7 Å². The fraction of sp³-hybridized carbons (Fsp3) is 0.267. The van der Waals surface area contributed by atoms with Crippen LogP contribution in [0.25, 0.3) is 0 Å². The fourth-order valence-electron chi connectivity index (χ4n) is 2.31. The molecule has 0 fully saturated rings. The summed E-state index contributed by atoms with van der Waals surface area (Å²) in [6.07, 6.45) is 3.37. The van der Waals surface area contributed by atoms with Crippen molar-refractivity contribution in [1.29, 1.82) is 0 Å². The first-order valence-electron chi connectivity index (χ1n) is 6.48. The molecule has 0 aliphatic heterocycles.